The third kappa shape index (κ3) is 3.04. The van der Waals surface area contributed by atoms with E-state index in [-0.39, 0.29) is 0 Å². The van der Waals surface area contributed by atoms with E-state index in [9.17, 15) is 0 Å². The average molecular weight is 250 g/mol. The summed E-state index contributed by atoms with van der Waals surface area (Å²) in [5.74, 6) is 1.29. The Morgan fingerprint density at radius 2 is 2.17 bits per heavy atom. The number of pyridine rings is 1. The third-order valence-electron chi connectivity index (χ3n) is 3.43. The van der Waals surface area contributed by atoms with Crippen molar-refractivity contribution in [3.8, 4) is 5.88 Å². The molecule has 5 nitrogen and oxygen atoms in total. The van der Waals surface area contributed by atoms with E-state index in [0.29, 0.717) is 17.6 Å². The molecule has 1 unspecified atom stereocenters. The number of anilines is 2. The van der Waals surface area contributed by atoms with Crippen LogP contribution in [0.25, 0.3) is 0 Å². The van der Waals surface area contributed by atoms with Crippen LogP contribution in [0.3, 0.4) is 0 Å². The number of methoxy groups -OCH3 is 1. The molecule has 100 valence electrons. The molecular weight excluding hydrogens is 228 g/mol. The van der Waals surface area contributed by atoms with E-state index in [1.807, 2.05) is 12.1 Å². The molecule has 1 aliphatic heterocycles. The van der Waals surface area contributed by atoms with Crippen LogP contribution in [-0.2, 0) is 0 Å². The molecule has 1 aromatic rings. The smallest absolute Gasteiger partial charge is 0.238 e. The monoisotopic (exact) mass is 250 g/mol. The molecule has 1 saturated heterocycles. The maximum absolute atomic E-state index is 5.73. The van der Waals surface area contributed by atoms with Crippen LogP contribution in [0.1, 0.15) is 19.8 Å². The SMILES string of the molecule is COc1nc(NCC(C)N2CCCC2)ccc1N. The first-order valence-corrected chi connectivity index (χ1v) is 6.49. The van der Waals surface area contributed by atoms with Gasteiger partial charge in [-0.1, -0.05) is 0 Å². The van der Waals surface area contributed by atoms with Gasteiger partial charge in [-0.2, -0.15) is 4.98 Å². The summed E-state index contributed by atoms with van der Waals surface area (Å²) in [7, 11) is 1.58. The number of nitrogen functional groups attached to an aromatic ring is 1. The molecule has 5 heteroatoms. The Balaban J connectivity index is 1.89. The second-order valence-electron chi connectivity index (χ2n) is 4.77. The van der Waals surface area contributed by atoms with Gasteiger partial charge in [0.2, 0.25) is 5.88 Å². The van der Waals surface area contributed by atoms with Crippen LogP contribution in [0.5, 0.6) is 5.88 Å². The Labute approximate surface area is 108 Å². The molecule has 0 aromatic carbocycles. The number of nitrogens with two attached hydrogens (primary N) is 1. The van der Waals surface area contributed by atoms with Gasteiger partial charge in [-0.3, -0.25) is 4.90 Å². The molecule has 1 atom stereocenters. The summed E-state index contributed by atoms with van der Waals surface area (Å²) in [6.45, 7) is 5.55. The number of likely N-dealkylation sites (tertiary alicyclic amines) is 1. The zero-order valence-corrected chi connectivity index (χ0v) is 11.1. The lowest BCUT2D eigenvalue weighted by Crippen LogP contribution is -2.35. The van der Waals surface area contributed by atoms with E-state index in [0.717, 1.165) is 12.4 Å². The van der Waals surface area contributed by atoms with E-state index in [2.05, 4.69) is 22.1 Å². The second-order valence-corrected chi connectivity index (χ2v) is 4.77. The minimum atomic E-state index is 0.480. The zero-order chi connectivity index (χ0) is 13.0. The van der Waals surface area contributed by atoms with Crippen LogP contribution in [0.15, 0.2) is 12.1 Å². The summed E-state index contributed by atoms with van der Waals surface area (Å²) in [6, 6.07) is 4.22. The molecule has 2 heterocycles. The second kappa shape index (κ2) is 5.91. The predicted octanol–water partition coefficient (Wildman–Crippen LogP) is 1.57. The molecule has 1 fully saturated rings. The molecule has 2 rings (SSSR count). The zero-order valence-electron chi connectivity index (χ0n) is 11.1. The van der Waals surface area contributed by atoms with Crippen molar-refractivity contribution >= 4 is 11.5 Å². The number of hydrogen-bond donors (Lipinski definition) is 2. The van der Waals surface area contributed by atoms with Crippen molar-refractivity contribution in [1.29, 1.82) is 0 Å². The number of nitrogens with one attached hydrogen (secondary N) is 1. The van der Waals surface area contributed by atoms with E-state index in [4.69, 9.17) is 10.5 Å². The standard InChI is InChI=1S/C13H22N4O/c1-10(17-7-3-4-8-17)9-15-12-6-5-11(14)13(16-12)18-2/h5-6,10H,3-4,7-9,14H2,1-2H3,(H,15,16). The first-order valence-electron chi connectivity index (χ1n) is 6.49. The van der Waals surface area contributed by atoms with E-state index in [1.54, 1.807) is 7.11 Å². The Hall–Kier alpha value is -1.49. The van der Waals surface area contributed by atoms with Gasteiger partial charge in [0.05, 0.1) is 12.8 Å². The van der Waals surface area contributed by atoms with Crippen LogP contribution in [-0.4, -0.2) is 42.7 Å². The Bertz CT molecular complexity index is 391. The molecule has 1 aromatic heterocycles. The quantitative estimate of drug-likeness (QED) is 0.830. The molecular formula is C13H22N4O. The summed E-state index contributed by atoms with van der Waals surface area (Å²) in [5.41, 5.74) is 6.30. The lowest BCUT2D eigenvalue weighted by Gasteiger charge is -2.24. The normalized spacial score (nSPS) is 17.7. The van der Waals surface area contributed by atoms with Crippen LogP contribution >= 0.6 is 0 Å². The highest BCUT2D eigenvalue weighted by atomic mass is 16.5. The molecule has 3 N–H and O–H groups in total. The number of nitrogens with zero attached hydrogens (tertiary/aromatic N) is 2. The lowest BCUT2D eigenvalue weighted by molar-refractivity contribution is 0.269. The summed E-state index contributed by atoms with van der Waals surface area (Å²) in [5, 5.41) is 3.33. The van der Waals surface area contributed by atoms with Gasteiger partial charge in [0, 0.05) is 12.6 Å². The van der Waals surface area contributed by atoms with E-state index < -0.39 is 0 Å². The average Bonchev–Trinajstić information content (AvgIpc) is 2.91. The third-order valence-corrected chi connectivity index (χ3v) is 3.43. The van der Waals surface area contributed by atoms with Crippen molar-refractivity contribution in [2.24, 2.45) is 0 Å². The van der Waals surface area contributed by atoms with Crippen molar-refractivity contribution in [2.75, 3.05) is 37.8 Å². The largest absolute Gasteiger partial charge is 0.479 e. The molecule has 0 radical (unpaired) electrons. The van der Waals surface area contributed by atoms with Crippen molar-refractivity contribution in [3.63, 3.8) is 0 Å². The van der Waals surface area contributed by atoms with Gasteiger partial charge in [0.25, 0.3) is 0 Å². The fraction of sp³-hybridized carbons (Fsp3) is 0.615. The van der Waals surface area contributed by atoms with E-state index >= 15 is 0 Å². The number of ether oxygens (including phenoxy) is 1. The Morgan fingerprint density at radius 3 is 2.83 bits per heavy atom. The highest BCUT2D eigenvalue weighted by Crippen LogP contribution is 2.20. The molecule has 0 spiro atoms. The summed E-state index contributed by atoms with van der Waals surface area (Å²) in [6.07, 6.45) is 2.64. The number of hydrogen-bond acceptors (Lipinski definition) is 5. The first-order chi connectivity index (χ1) is 8.70. The lowest BCUT2D eigenvalue weighted by atomic mass is 10.3. The molecule has 18 heavy (non-hydrogen) atoms. The Kier molecular flexibility index (Phi) is 4.25. The predicted molar refractivity (Wildman–Crippen MR) is 74.0 cm³/mol. The summed E-state index contributed by atoms with van der Waals surface area (Å²) in [4.78, 5) is 6.81. The highest BCUT2D eigenvalue weighted by molar-refractivity contribution is 5.53. The molecule has 0 aliphatic carbocycles. The van der Waals surface area contributed by atoms with Crippen LogP contribution in [0.4, 0.5) is 11.5 Å². The van der Waals surface area contributed by atoms with Crippen molar-refractivity contribution in [2.45, 2.75) is 25.8 Å². The fourth-order valence-electron chi connectivity index (χ4n) is 2.28. The van der Waals surface area contributed by atoms with Gasteiger partial charge in [0.15, 0.2) is 0 Å². The molecule has 0 amide bonds. The maximum Gasteiger partial charge on any atom is 0.238 e. The van der Waals surface area contributed by atoms with Gasteiger partial charge >= 0.3 is 0 Å². The summed E-state index contributed by atoms with van der Waals surface area (Å²) < 4.78 is 5.11. The fourth-order valence-corrected chi connectivity index (χ4v) is 2.28. The van der Waals surface area contributed by atoms with Gasteiger partial charge in [-0.05, 0) is 45.0 Å². The molecule has 1 aliphatic rings. The number of aromatic nitrogens is 1. The number of rotatable bonds is 5. The van der Waals surface area contributed by atoms with Gasteiger partial charge in [-0.25, -0.2) is 0 Å². The van der Waals surface area contributed by atoms with Crippen LogP contribution in [0, 0.1) is 0 Å². The maximum atomic E-state index is 5.73. The Morgan fingerprint density at radius 1 is 1.44 bits per heavy atom. The molecule has 0 saturated carbocycles. The van der Waals surface area contributed by atoms with Crippen LogP contribution in [0.2, 0.25) is 0 Å². The van der Waals surface area contributed by atoms with Crippen molar-refractivity contribution in [3.05, 3.63) is 12.1 Å². The van der Waals surface area contributed by atoms with Gasteiger partial charge in [-0.15, -0.1) is 0 Å². The van der Waals surface area contributed by atoms with Crippen molar-refractivity contribution < 1.29 is 4.74 Å². The molecule has 0 bridgehead atoms. The highest BCUT2D eigenvalue weighted by Gasteiger charge is 2.17. The van der Waals surface area contributed by atoms with Crippen LogP contribution < -0.4 is 15.8 Å². The minimum absolute atomic E-state index is 0.480. The van der Waals surface area contributed by atoms with Crippen molar-refractivity contribution in [1.82, 2.24) is 9.88 Å². The van der Waals surface area contributed by atoms with E-state index in [1.165, 1.54) is 25.9 Å². The minimum Gasteiger partial charge on any atom is -0.479 e. The topological polar surface area (TPSA) is 63.4 Å². The summed E-state index contributed by atoms with van der Waals surface area (Å²) >= 11 is 0. The van der Waals surface area contributed by atoms with Gasteiger partial charge < -0.3 is 15.8 Å². The first kappa shape index (κ1) is 13.0. The van der Waals surface area contributed by atoms with Gasteiger partial charge in [0.1, 0.15) is 5.82 Å².